The van der Waals surface area contributed by atoms with Crippen LogP contribution in [0.25, 0.3) is 0 Å². The number of carbonyl (C=O) groups is 1. The third kappa shape index (κ3) is 4.74. The summed E-state index contributed by atoms with van der Waals surface area (Å²) in [4.78, 5) is 26.0. The Hall–Kier alpha value is -2.93. The number of nitrogens with zero attached hydrogens (tertiary/aromatic N) is 4. The van der Waals surface area contributed by atoms with Crippen molar-refractivity contribution < 1.29 is 4.79 Å². The van der Waals surface area contributed by atoms with Crippen molar-refractivity contribution in [3.63, 3.8) is 0 Å². The molecule has 7 heteroatoms. The summed E-state index contributed by atoms with van der Waals surface area (Å²) in [7, 11) is 0. The second-order valence-electron chi connectivity index (χ2n) is 6.97. The summed E-state index contributed by atoms with van der Waals surface area (Å²) >= 11 is 3.41. The number of piperazine rings is 1. The van der Waals surface area contributed by atoms with Gasteiger partial charge in [0.25, 0.3) is 5.91 Å². The van der Waals surface area contributed by atoms with Gasteiger partial charge in [0.1, 0.15) is 5.82 Å². The molecule has 1 saturated heterocycles. The van der Waals surface area contributed by atoms with Crippen molar-refractivity contribution in [3.8, 4) is 0 Å². The van der Waals surface area contributed by atoms with E-state index in [0.29, 0.717) is 37.7 Å². The van der Waals surface area contributed by atoms with Crippen LogP contribution in [0.5, 0.6) is 0 Å². The molecule has 0 unspecified atom stereocenters. The fourth-order valence-electron chi connectivity index (χ4n) is 3.31. The van der Waals surface area contributed by atoms with E-state index in [1.165, 1.54) is 0 Å². The summed E-state index contributed by atoms with van der Waals surface area (Å²) in [6, 6.07) is 19.4. The Kier molecular flexibility index (Phi) is 5.76. The first-order valence-corrected chi connectivity index (χ1v) is 10.4. The number of para-hydroxylation sites is 1. The van der Waals surface area contributed by atoms with Crippen LogP contribution < -0.4 is 10.2 Å². The second-order valence-corrected chi connectivity index (χ2v) is 7.89. The highest BCUT2D eigenvalue weighted by Crippen LogP contribution is 2.20. The van der Waals surface area contributed by atoms with Gasteiger partial charge >= 0.3 is 0 Å². The molecule has 0 bridgehead atoms. The molecule has 0 atom stereocenters. The number of aromatic nitrogens is 2. The van der Waals surface area contributed by atoms with Crippen molar-refractivity contribution in [1.29, 1.82) is 0 Å². The number of anilines is 3. The van der Waals surface area contributed by atoms with Crippen molar-refractivity contribution in [2.45, 2.75) is 6.92 Å². The van der Waals surface area contributed by atoms with E-state index >= 15 is 0 Å². The molecule has 1 aliphatic heterocycles. The maximum Gasteiger partial charge on any atom is 0.253 e. The smallest absolute Gasteiger partial charge is 0.253 e. The van der Waals surface area contributed by atoms with E-state index in [0.717, 1.165) is 21.7 Å². The minimum atomic E-state index is 0.0637. The highest BCUT2D eigenvalue weighted by Gasteiger charge is 2.24. The van der Waals surface area contributed by atoms with Gasteiger partial charge in [-0.2, -0.15) is 4.98 Å². The number of hydrogen-bond acceptors (Lipinski definition) is 5. The van der Waals surface area contributed by atoms with Crippen molar-refractivity contribution >= 4 is 39.3 Å². The molecule has 0 radical (unpaired) electrons. The third-order valence-electron chi connectivity index (χ3n) is 4.83. The maximum absolute atomic E-state index is 12.7. The molecule has 2 aromatic carbocycles. The van der Waals surface area contributed by atoms with E-state index in [4.69, 9.17) is 0 Å². The lowest BCUT2D eigenvalue weighted by atomic mass is 10.2. The Morgan fingerprint density at radius 2 is 1.66 bits per heavy atom. The molecule has 1 aromatic heterocycles. The molecule has 1 aliphatic rings. The van der Waals surface area contributed by atoms with Gasteiger partial charge in [0.05, 0.1) is 0 Å². The molecule has 148 valence electrons. The van der Waals surface area contributed by atoms with Crippen molar-refractivity contribution in [1.82, 2.24) is 14.9 Å². The van der Waals surface area contributed by atoms with Gasteiger partial charge in [0.2, 0.25) is 5.95 Å². The number of aryl methyl sites for hydroxylation is 1. The van der Waals surface area contributed by atoms with E-state index in [9.17, 15) is 4.79 Å². The van der Waals surface area contributed by atoms with Gasteiger partial charge in [-0.1, -0.05) is 34.1 Å². The van der Waals surface area contributed by atoms with Crippen molar-refractivity contribution in [2.75, 3.05) is 36.4 Å². The highest BCUT2D eigenvalue weighted by atomic mass is 79.9. The summed E-state index contributed by atoms with van der Waals surface area (Å²) in [6.45, 7) is 4.67. The molecule has 0 spiro atoms. The van der Waals surface area contributed by atoms with Crippen LogP contribution in [-0.4, -0.2) is 47.0 Å². The molecular weight excluding hydrogens is 430 g/mol. The first-order valence-electron chi connectivity index (χ1n) is 9.56. The molecule has 0 saturated carbocycles. The maximum atomic E-state index is 12.7. The quantitative estimate of drug-likeness (QED) is 0.642. The largest absolute Gasteiger partial charge is 0.340 e. The zero-order valence-corrected chi connectivity index (χ0v) is 17.8. The molecule has 3 aromatic rings. The van der Waals surface area contributed by atoms with Gasteiger partial charge in [-0.25, -0.2) is 4.98 Å². The van der Waals surface area contributed by atoms with Crippen LogP contribution in [-0.2, 0) is 0 Å². The Bertz CT molecular complexity index is 986. The van der Waals surface area contributed by atoms with Crippen LogP contribution in [0.15, 0.2) is 65.1 Å². The number of benzene rings is 2. The second kappa shape index (κ2) is 8.61. The van der Waals surface area contributed by atoms with Crippen LogP contribution in [0.3, 0.4) is 0 Å². The lowest BCUT2D eigenvalue weighted by Gasteiger charge is -2.35. The minimum absolute atomic E-state index is 0.0637. The van der Waals surface area contributed by atoms with Gasteiger partial charge in [-0.05, 0) is 43.3 Å². The van der Waals surface area contributed by atoms with Gasteiger partial charge < -0.3 is 15.1 Å². The lowest BCUT2D eigenvalue weighted by Crippen LogP contribution is -2.49. The molecule has 1 fully saturated rings. The lowest BCUT2D eigenvalue weighted by molar-refractivity contribution is 0.0746. The summed E-state index contributed by atoms with van der Waals surface area (Å²) in [5.41, 5.74) is 2.60. The summed E-state index contributed by atoms with van der Waals surface area (Å²) < 4.78 is 0.968. The molecule has 1 N–H and O–H groups in total. The monoisotopic (exact) mass is 451 g/mol. The van der Waals surface area contributed by atoms with Gasteiger partial charge in [-0.3, -0.25) is 4.79 Å². The molecule has 1 amide bonds. The first kappa shape index (κ1) is 19.4. The predicted octanol–water partition coefficient (Wildman–Crippen LogP) is 4.25. The zero-order chi connectivity index (χ0) is 20.2. The van der Waals surface area contributed by atoms with Gasteiger partial charge in [-0.15, -0.1) is 0 Å². The average Bonchev–Trinajstić information content (AvgIpc) is 2.74. The molecule has 4 rings (SSSR count). The Morgan fingerprint density at radius 3 is 2.34 bits per heavy atom. The van der Waals surface area contributed by atoms with Crippen LogP contribution >= 0.6 is 15.9 Å². The van der Waals surface area contributed by atoms with Crippen LogP contribution in [0.2, 0.25) is 0 Å². The SMILES string of the molecule is Cc1cc(Nc2ccccc2)nc(N2CCN(C(=O)c3ccc(Br)cc3)CC2)n1. The molecule has 6 nitrogen and oxygen atoms in total. The van der Waals surface area contributed by atoms with Gasteiger partial charge in [0.15, 0.2) is 0 Å². The highest BCUT2D eigenvalue weighted by molar-refractivity contribution is 9.10. The van der Waals surface area contributed by atoms with E-state index in [1.807, 2.05) is 72.5 Å². The summed E-state index contributed by atoms with van der Waals surface area (Å²) in [5.74, 6) is 1.53. The molecule has 29 heavy (non-hydrogen) atoms. The zero-order valence-electron chi connectivity index (χ0n) is 16.2. The van der Waals surface area contributed by atoms with Crippen LogP contribution in [0.1, 0.15) is 16.1 Å². The molecular formula is C22H22BrN5O. The fourth-order valence-corrected chi connectivity index (χ4v) is 3.58. The minimum Gasteiger partial charge on any atom is -0.340 e. The summed E-state index contributed by atoms with van der Waals surface area (Å²) in [6.07, 6.45) is 0. The van der Waals surface area contributed by atoms with Gasteiger partial charge in [0, 0.05) is 53.7 Å². The number of nitrogens with one attached hydrogen (secondary N) is 1. The predicted molar refractivity (Wildman–Crippen MR) is 119 cm³/mol. The first-order chi connectivity index (χ1) is 14.1. The third-order valence-corrected chi connectivity index (χ3v) is 5.36. The van der Waals surface area contributed by atoms with Crippen molar-refractivity contribution in [2.24, 2.45) is 0 Å². The Labute approximate surface area is 178 Å². The average molecular weight is 452 g/mol. The van der Waals surface area contributed by atoms with E-state index < -0.39 is 0 Å². The Balaban J connectivity index is 1.43. The van der Waals surface area contributed by atoms with Crippen LogP contribution in [0, 0.1) is 6.92 Å². The number of hydrogen-bond donors (Lipinski definition) is 1. The molecule has 2 heterocycles. The topological polar surface area (TPSA) is 61.4 Å². The van der Waals surface area contributed by atoms with E-state index in [2.05, 4.69) is 36.1 Å². The van der Waals surface area contributed by atoms with E-state index in [-0.39, 0.29) is 5.91 Å². The number of carbonyl (C=O) groups excluding carboxylic acids is 1. The summed E-state index contributed by atoms with van der Waals surface area (Å²) in [5, 5.41) is 3.33. The number of halogens is 1. The van der Waals surface area contributed by atoms with Crippen molar-refractivity contribution in [3.05, 3.63) is 76.4 Å². The van der Waals surface area contributed by atoms with E-state index in [1.54, 1.807) is 0 Å². The fraction of sp³-hybridized carbons (Fsp3) is 0.227. The normalized spacial score (nSPS) is 14.0. The number of rotatable bonds is 4. The standard InChI is InChI=1S/C22H22BrN5O/c1-16-15-20(25-19-5-3-2-4-6-19)26-22(24-16)28-13-11-27(12-14-28)21(29)17-7-9-18(23)10-8-17/h2-10,15H,11-14H2,1H3,(H,24,25,26). The van der Waals surface area contributed by atoms with Crippen LogP contribution in [0.4, 0.5) is 17.5 Å². The number of amides is 1. The Morgan fingerprint density at radius 1 is 0.966 bits per heavy atom. The molecule has 0 aliphatic carbocycles.